The van der Waals surface area contributed by atoms with Gasteiger partial charge in [0.2, 0.25) is 10.0 Å². The van der Waals surface area contributed by atoms with Gasteiger partial charge in [0.05, 0.1) is 4.90 Å². The molecule has 118 valence electrons. The van der Waals surface area contributed by atoms with E-state index in [1.807, 2.05) is 19.1 Å². The molecule has 0 saturated heterocycles. The molecule has 0 radical (unpaired) electrons. The Morgan fingerprint density at radius 3 is 2.43 bits per heavy atom. The number of sulfonamides is 1. The first-order valence-corrected chi connectivity index (χ1v) is 9.17. The van der Waals surface area contributed by atoms with Crippen LogP contribution in [0, 0.1) is 5.41 Å². The quantitative estimate of drug-likeness (QED) is 0.847. The van der Waals surface area contributed by atoms with E-state index >= 15 is 0 Å². The lowest BCUT2D eigenvalue weighted by Crippen LogP contribution is -2.24. The molecular formula is C16H26N2O2S. The van der Waals surface area contributed by atoms with E-state index in [2.05, 4.69) is 23.9 Å². The Bertz CT molecular complexity index is 564. The third kappa shape index (κ3) is 4.45. The third-order valence-electron chi connectivity index (χ3n) is 4.05. The van der Waals surface area contributed by atoms with Crippen molar-refractivity contribution in [2.75, 3.05) is 11.9 Å². The summed E-state index contributed by atoms with van der Waals surface area (Å²) in [6.07, 6.45) is 4.35. The number of nitrogens with one attached hydrogen (secondary N) is 2. The molecule has 1 atom stereocenters. The lowest BCUT2D eigenvalue weighted by molar-refractivity contribution is 0.378. The SMILES string of the molecule is CCCNS(=O)(=O)c1ccc(NC2CCC(C)(C)C2)cc1. The van der Waals surface area contributed by atoms with Crippen molar-refractivity contribution in [1.82, 2.24) is 4.72 Å². The van der Waals surface area contributed by atoms with Crippen LogP contribution in [0.15, 0.2) is 29.2 Å². The van der Waals surface area contributed by atoms with E-state index in [0.29, 0.717) is 22.9 Å². The molecule has 0 aromatic heterocycles. The summed E-state index contributed by atoms with van der Waals surface area (Å²) in [5, 5.41) is 3.50. The van der Waals surface area contributed by atoms with Crippen molar-refractivity contribution in [2.45, 2.75) is 57.4 Å². The summed E-state index contributed by atoms with van der Waals surface area (Å²) in [7, 11) is -3.36. The Morgan fingerprint density at radius 2 is 1.90 bits per heavy atom. The van der Waals surface area contributed by atoms with Crippen molar-refractivity contribution in [1.29, 1.82) is 0 Å². The van der Waals surface area contributed by atoms with Gasteiger partial charge in [-0.3, -0.25) is 0 Å². The fourth-order valence-corrected chi connectivity index (χ4v) is 3.98. The number of hydrogen-bond donors (Lipinski definition) is 2. The highest BCUT2D eigenvalue weighted by Crippen LogP contribution is 2.38. The molecule has 2 rings (SSSR count). The van der Waals surface area contributed by atoms with Crippen LogP contribution < -0.4 is 10.0 Å². The van der Waals surface area contributed by atoms with Crippen molar-refractivity contribution < 1.29 is 8.42 Å². The minimum atomic E-state index is -3.36. The lowest BCUT2D eigenvalue weighted by atomic mass is 9.92. The van der Waals surface area contributed by atoms with E-state index in [1.165, 1.54) is 12.8 Å². The average molecular weight is 310 g/mol. The second-order valence-electron chi connectivity index (χ2n) is 6.67. The molecule has 1 unspecified atom stereocenters. The molecule has 0 heterocycles. The molecular weight excluding hydrogens is 284 g/mol. The van der Waals surface area contributed by atoms with E-state index in [-0.39, 0.29) is 0 Å². The van der Waals surface area contributed by atoms with Gasteiger partial charge in [-0.1, -0.05) is 20.8 Å². The third-order valence-corrected chi connectivity index (χ3v) is 5.52. The van der Waals surface area contributed by atoms with Crippen LogP contribution in [-0.2, 0) is 10.0 Å². The zero-order valence-corrected chi connectivity index (χ0v) is 14.0. The summed E-state index contributed by atoms with van der Waals surface area (Å²) in [5.74, 6) is 0. The van der Waals surface area contributed by atoms with E-state index in [4.69, 9.17) is 0 Å². The van der Waals surface area contributed by atoms with Crippen LogP contribution in [0.2, 0.25) is 0 Å². The molecule has 5 heteroatoms. The predicted octanol–water partition coefficient (Wildman–Crippen LogP) is 3.37. The van der Waals surface area contributed by atoms with E-state index in [0.717, 1.165) is 18.5 Å². The summed E-state index contributed by atoms with van der Waals surface area (Å²) in [6, 6.07) is 7.53. The second kappa shape index (κ2) is 6.36. The highest BCUT2D eigenvalue weighted by atomic mass is 32.2. The zero-order valence-electron chi connectivity index (χ0n) is 13.1. The van der Waals surface area contributed by atoms with Crippen molar-refractivity contribution in [3.63, 3.8) is 0 Å². The van der Waals surface area contributed by atoms with Gasteiger partial charge in [0.1, 0.15) is 0 Å². The lowest BCUT2D eigenvalue weighted by Gasteiger charge is -2.18. The molecule has 0 aliphatic heterocycles. The average Bonchev–Trinajstić information content (AvgIpc) is 2.76. The van der Waals surface area contributed by atoms with Crippen LogP contribution >= 0.6 is 0 Å². The molecule has 0 bridgehead atoms. The molecule has 1 aromatic rings. The Hall–Kier alpha value is -1.07. The highest BCUT2D eigenvalue weighted by molar-refractivity contribution is 7.89. The van der Waals surface area contributed by atoms with Gasteiger partial charge in [0.25, 0.3) is 0 Å². The minimum absolute atomic E-state index is 0.327. The molecule has 1 saturated carbocycles. The highest BCUT2D eigenvalue weighted by Gasteiger charge is 2.30. The predicted molar refractivity (Wildman–Crippen MR) is 87.0 cm³/mol. The van der Waals surface area contributed by atoms with E-state index in [9.17, 15) is 8.42 Å². The van der Waals surface area contributed by atoms with Crippen molar-refractivity contribution in [2.24, 2.45) is 5.41 Å². The molecule has 0 spiro atoms. The Morgan fingerprint density at radius 1 is 1.24 bits per heavy atom. The molecule has 1 aromatic carbocycles. The van der Waals surface area contributed by atoms with Crippen molar-refractivity contribution in [3.8, 4) is 0 Å². The smallest absolute Gasteiger partial charge is 0.240 e. The van der Waals surface area contributed by atoms with Gasteiger partial charge in [0.15, 0.2) is 0 Å². The summed E-state index contributed by atoms with van der Waals surface area (Å²) in [6.45, 7) is 7.01. The van der Waals surface area contributed by atoms with Gasteiger partial charge in [0, 0.05) is 18.3 Å². The molecule has 21 heavy (non-hydrogen) atoms. The second-order valence-corrected chi connectivity index (χ2v) is 8.44. The summed E-state index contributed by atoms with van der Waals surface area (Å²) in [5.41, 5.74) is 1.40. The van der Waals surface area contributed by atoms with Crippen LogP contribution in [0.25, 0.3) is 0 Å². The van der Waals surface area contributed by atoms with E-state index < -0.39 is 10.0 Å². The minimum Gasteiger partial charge on any atom is -0.382 e. The number of benzene rings is 1. The van der Waals surface area contributed by atoms with Gasteiger partial charge in [-0.05, 0) is 55.4 Å². The van der Waals surface area contributed by atoms with Crippen LogP contribution in [0.5, 0.6) is 0 Å². The fraction of sp³-hybridized carbons (Fsp3) is 0.625. The van der Waals surface area contributed by atoms with Crippen LogP contribution in [0.3, 0.4) is 0 Å². The maximum atomic E-state index is 12.0. The molecule has 0 amide bonds. The fourth-order valence-electron chi connectivity index (χ4n) is 2.85. The normalized spacial score (nSPS) is 21.4. The Kier molecular flexibility index (Phi) is 4.94. The number of anilines is 1. The van der Waals surface area contributed by atoms with Gasteiger partial charge >= 0.3 is 0 Å². The molecule has 1 aliphatic carbocycles. The van der Waals surface area contributed by atoms with E-state index in [1.54, 1.807) is 12.1 Å². The van der Waals surface area contributed by atoms with Gasteiger partial charge in [-0.2, -0.15) is 0 Å². The standard InChI is InChI=1S/C16H26N2O2S/c1-4-11-17-21(19,20)15-7-5-13(6-8-15)18-14-9-10-16(2,3)12-14/h5-8,14,17-18H,4,9-12H2,1-3H3. The van der Waals surface area contributed by atoms with Crippen LogP contribution in [0.4, 0.5) is 5.69 Å². The monoisotopic (exact) mass is 310 g/mol. The summed E-state index contributed by atoms with van der Waals surface area (Å²) >= 11 is 0. The molecule has 1 aliphatic rings. The zero-order chi connectivity index (χ0) is 15.5. The van der Waals surface area contributed by atoms with Crippen LogP contribution in [-0.4, -0.2) is 21.0 Å². The summed E-state index contributed by atoms with van der Waals surface area (Å²) in [4.78, 5) is 0.327. The van der Waals surface area contributed by atoms with Crippen molar-refractivity contribution in [3.05, 3.63) is 24.3 Å². The number of hydrogen-bond acceptors (Lipinski definition) is 3. The number of rotatable bonds is 6. The molecule has 2 N–H and O–H groups in total. The first kappa shape index (κ1) is 16.3. The first-order chi connectivity index (χ1) is 9.82. The Balaban J connectivity index is 1.99. The van der Waals surface area contributed by atoms with Crippen molar-refractivity contribution >= 4 is 15.7 Å². The maximum Gasteiger partial charge on any atom is 0.240 e. The van der Waals surface area contributed by atoms with Gasteiger partial charge in [-0.15, -0.1) is 0 Å². The summed E-state index contributed by atoms with van der Waals surface area (Å²) < 4.78 is 26.6. The molecule has 4 nitrogen and oxygen atoms in total. The van der Waals surface area contributed by atoms with Gasteiger partial charge < -0.3 is 5.32 Å². The first-order valence-electron chi connectivity index (χ1n) is 7.69. The molecule has 1 fully saturated rings. The topological polar surface area (TPSA) is 58.2 Å². The largest absolute Gasteiger partial charge is 0.382 e. The maximum absolute atomic E-state index is 12.0. The Labute approximate surface area is 128 Å². The van der Waals surface area contributed by atoms with Gasteiger partial charge in [-0.25, -0.2) is 13.1 Å². The van der Waals surface area contributed by atoms with Crippen LogP contribution in [0.1, 0.15) is 46.5 Å².